The van der Waals surface area contributed by atoms with Gasteiger partial charge < -0.3 is 0 Å². The number of H-pyrrole nitrogens is 1. The smallest absolute Gasteiger partial charge is 0.275 e. The molecule has 2 aromatic carbocycles. The Bertz CT molecular complexity index is 1040. The van der Waals surface area contributed by atoms with Gasteiger partial charge in [-0.1, -0.05) is 36.4 Å². The highest BCUT2D eigenvalue weighted by Crippen LogP contribution is 2.33. The molecule has 2 amide bonds. The SMILES string of the molecule is Cc1[nH]n(-c2ccccc2)c(=O)c1C1CC(=O)N(c2ccccc2)C1=O. The Morgan fingerprint density at radius 2 is 1.46 bits per heavy atom. The van der Waals surface area contributed by atoms with Crippen LogP contribution in [0.2, 0.25) is 0 Å². The second-order valence-electron chi connectivity index (χ2n) is 6.29. The molecular weight excluding hydrogens is 330 g/mol. The van der Waals surface area contributed by atoms with E-state index in [1.54, 1.807) is 43.3 Å². The molecule has 1 aromatic heterocycles. The summed E-state index contributed by atoms with van der Waals surface area (Å²) in [6, 6.07) is 17.9. The molecule has 0 spiro atoms. The second kappa shape index (κ2) is 6.15. The number of nitrogens with one attached hydrogen (secondary N) is 1. The van der Waals surface area contributed by atoms with E-state index in [1.807, 2.05) is 24.3 Å². The molecule has 1 unspecified atom stereocenters. The van der Waals surface area contributed by atoms with Gasteiger partial charge in [0.2, 0.25) is 11.8 Å². The second-order valence-corrected chi connectivity index (χ2v) is 6.29. The molecule has 3 aromatic rings. The summed E-state index contributed by atoms with van der Waals surface area (Å²) in [5.74, 6) is -1.42. The number of carbonyl (C=O) groups is 2. The van der Waals surface area contributed by atoms with Gasteiger partial charge in [0.05, 0.1) is 22.9 Å². The number of amides is 2. The Labute approximate surface area is 149 Å². The monoisotopic (exact) mass is 347 g/mol. The standard InChI is InChI=1S/C20H17N3O3/c1-13-18(20(26)23(21-13)15-10-6-3-7-11-15)16-12-17(24)22(19(16)25)14-8-4-2-5-9-14/h2-11,16,21H,12H2,1H3. The molecule has 0 aliphatic carbocycles. The third kappa shape index (κ3) is 2.47. The minimum absolute atomic E-state index is 0.00352. The van der Waals surface area contributed by atoms with Crippen molar-refractivity contribution in [3.05, 3.63) is 82.3 Å². The average Bonchev–Trinajstić information content (AvgIpc) is 3.11. The van der Waals surface area contributed by atoms with E-state index in [-0.39, 0.29) is 23.8 Å². The first-order valence-corrected chi connectivity index (χ1v) is 8.36. The number of benzene rings is 2. The Morgan fingerprint density at radius 3 is 2.08 bits per heavy atom. The van der Waals surface area contributed by atoms with E-state index in [4.69, 9.17) is 0 Å². The number of imide groups is 1. The molecule has 4 rings (SSSR count). The Morgan fingerprint density at radius 1 is 0.885 bits per heavy atom. The molecule has 0 saturated carbocycles. The summed E-state index contributed by atoms with van der Waals surface area (Å²) in [5, 5.41) is 3.02. The molecule has 1 aliphatic rings. The zero-order valence-electron chi connectivity index (χ0n) is 14.2. The molecule has 0 bridgehead atoms. The minimum Gasteiger partial charge on any atom is -0.295 e. The highest BCUT2D eigenvalue weighted by atomic mass is 16.2. The molecule has 6 nitrogen and oxygen atoms in total. The van der Waals surface area contributed by atoms with Crippen LogP contribution in [0.1, 0.15) is 23.6 Å². The Hall–Kier alpha value is -3.41. The van der Waals surface area contributed by atoms with Crippen LogP contribution in [0.4, 0.5) is 5.69 Å². The highest BCUT2D eigenvalue weighted by molar-refractivity contribution is 6.22. The van der Waals surface area contributed by atoms with Gasteiger partial charge in [-0.25, -0.2) is 4.68 Å². The largest absolute Gasteiger partial charge is 0.295 e. The van der Waals surface area contributed by atoms with Gasteiger partial charge in [0, 0.05) is 12.1 Å². The number of carbonyl (C=O) groups excluding carboxylic acids is 2. The molecule has 6 heteroatoms. The van der Waals surface area contributed by atoms with Crippen LogP contribution >= 0.6 is 0 Å². The van der Waals surface area contributed by atoms with Gasteiger partial charge in [-0.05, 0) is 31.2 Å². The van der Waals surface area contributed by atoms with E-state index in [1.165, 1.54) is 9.58 Å². The van der Waals surface area contributed by atoms with Gasteiger partial charge in [0.15, 0.2) is 0 Å². The number of rotatable bonds is 3. The van der Waals surface area contributed by atoms with Crippen LogP contribution in [0, 0.1) is 6.92 Å². The van der Waals surface area contributed by atoms with Gasteiger partial charge >= 0.3 is 0 Å². The zero-order chi connectivity index (χ0) is 18.3. The van der Waals surface area contributed by atoms with Gasteiger partial charge in [0.1, 0.15) is 0 Å². The summed E-state index contributed by atoms with van der Waals surface area (Å²) in [6.45, 7) is 1.75. The Balaban J connectivity index is 1.76. The van der Waals surface area contributed by atoms with Crippen molar-refractivity contribution in [1.82, 2.24) is 9.78 Å². The summed E-state index contributed by atoms with van der Waals surface area (Å²) >= 11 is 0. The lowest BCUT2D eigenvalue weighted by Gasteiger charge is -2.14. The third-order valence-electron chi connectivity index (χ3n) is 4.64. The van der Waals surface area contributed by atoms with E-state index in [0.29, 0.717) is 22.6 Å². The predicted octanol–water partition coefficient (Wildman–Crippen LogP) is 2.52. The predicted molar refractivity (Wildman–Crippen MR) is 97.4 cm³/mol. The van der Waals surface area contributed by atoms with E-state index in [2.05, 4.69) is 5.10 Å². The van der Waals surface area contributed by atoms with Crippen molar-refractivity contribution in [2.45, 2.75) is 19.3 Å². The fourth-order valence-electron chi connectivity index (χ4n) is 3.43. The molecule has 2 heterocycles. The van der Waals surface area contributed by atoms with Gasteiger partial charge in [-0.15, -0.1) is 0 Å². The first-order valence-electron chi connectivity index (χ1n) is 8.36. The van der Waals surface area contributed by atoms with E-state index < -0.39 is 5.92 Å². The van der Waals surface area contributed by atoms with Crippen molar-refractivity contribution in [1.29, 1.82) is 0 Å². The van der Waals surface area contributed by atoms with Crippen molar-refractivity contribution in [3.8, 4) is 5.69 Å². The van der Waals surface area contributed by atoms with Gasteiger partial charge in [0.25, 0.3) is 5.56 Å². The van der Waals surface area contributed by atoms with Crippen LogP contribution < -0.4 is 10.5 Å². The van der Waals surface area contributed by atoms with E-state index in [0.717, 1.165) is 0 Å². The zero-order valence-corrected chi connectivity index (χ0v) is 14.2. The fourth-order valence-corrected chi connectivity index (χ4v) is 3.43. The van der Waals surface area contributed by atoms with Crippen LogP contribution in [-0.2, 0) is 9.59 Å². The summed E-state index contributed by atoms with van der Waals surface area (Å²) < 4.78 is 1.41. The molecule has 1 N–H and O–H groups in total. The third-order valence-corrected chi connectivity index (χ3v) is 4.64. The number of anilines is 1. The number of para-hydroxylation sites is 2. The van der Waals surface area contributed by atoms with E-state index >= 15 is 0 Å². The van der Waals surface area contributed by atoms with Crippen molar-refractivity contribution >= 4 is 17.5 Å². The molecular formula is C20H17N3O3. The fraction of sp³-hybridized carbons (Fsp3) is 0.150. The lowest BCUT2D eigenvalue weighted by Crippen LogP contribution is -2.31. The number of hydrogen-bond donors (Lipinski definition) is 1. The van der Waals surface area contributed by atoms with Crippen molar-refractivity contribution in [2.75, 3.05) is 4.90 Å². The molecule has 0 radical (unpaired) electrons. The molecule has 1 fully saturated rings. The summed E-state index contributed by atoms with van der Waals surface area (Å²) in [6.07, 6.45) is -0.00352. The van der Waals surface area contributed by atoms with Gasteiger partial charge in [-0.2, -0.15) is 0 Å². The molecule has 1 atom stereocenters. The van der Waals surface area contributed by atoms with Crippen molar-refractivity contribution < 1.29 is 9.59 Å². The molecule has 26 heavy (non-hydrogen) atoms. The quantitative estimate of drug-likeness (QED) is 0.740. The number of aryl methyl sites for hydroxylation is 1. The van der Waals surface area contributed by atoms with Crippen LogP contribution in [0.3, 0.4) is 0 Å². The summed E-state index contributed by atoms with van der Waals surface area (Å²) in [7, 11) is 0. The number of aromatic nitrogens is 2. The first-order chi connectivity index (χ1) is 12.6. The van der Waals surface area contributed by atoms with Crippen LogP contribution in [0.25, 0.3) is 5.69 Å². The van der Waals surface area contributed by atoms with Crippen molar-refractivity contribution in [3.63, 3.8) is 0 Å². The molecule has 1 aliphatic heterocycles. The summed E-state index contributed by atoms with van der Waals surface area (Å²) in [4.78, 5) is 39.5. The lowest BCUT2D eigenvalue weighted by molar-refractivity contribution is -0.121. The first kappa shape index (κ1) is 16.1. The number of hydrogen-bond acceptors (Lipinski definition) is 3. The number of aromatic amines is 1. The van der Waals surface area contributed by atoms with Gasteiger partial charge in [-0.3, -0.25) is 24.4 Å². The topological polar surface area (TPSA) is 75.2 Å². The van der Waals surface area contributed by atoms with E-state index in [9.17, 15) is 14.4 Å². The number of nitrogens with zero attached hydrogens (tertiary/aromatic N) is 2. The van der Waals surface area contributed by atoms with Crippen LogP contribution in [0.15, 0.2) is 65.5 Å². The lowest BCUT2D eigenvalue weighted by atomic mass is 9.98. The summed E-state index contributed by atoms with van der Waals surface area (Å²) in [5.41, 5.74) is 1.87. The highest BCUT2D eigenvalue weighted by Gasteiger charge is 2.43. The maximum atomic E-state index is 12.9. The maximum absolute atomic E-state index is 12.9. The normalized spacial score (nSPS) is 17.1. The van der Waals surface area contributed by atoms with Crippen LogP contribution in [0.5, 0.6) is 0 Å². The van der Waals surface area contributed by atoms with Crippen molar-refractivity contribution in [2.24, 2.45) is 0 Å². The molecule has 130 valence electrons. The molecule has 1 saturated heterocycles. The Kier molecular flexibility index (Phi) is 3.80. The average molecular weight is 347 g/mol. The maximum Gasteiger partial charge on any atom is 0.275 e. The minimum atomic E-state index is -0.767. The van der Waals surface area contributed by atoms with Crippen LogP contribution in [-0.4, -0.2) is 21.6 Å².